The Morgan fingerprint density at radius 3 is 2.63 bits per heavy atom. The number of nitrogens with one attached hydrogen (secondary N) is 1. The summed E-state index contributed by atoms with van der Waals surface area (Å²) >= 11 is 0. The maximum atomic E-state index is 13.9. The normalized spacial score (nSPS) is 11.4. The second-order valence-corrected chi connectivity index (χ2v) is 4.44. The number of hydrogen-bond donors (Lipinski definition) is 1. The highest BCUT2D eigenvalue weighted by molar-refractivity contribution is 6.05. The molecule has 4 heteroatoms. The summed E-state index contributed by atoms with van der Waals surface area (Å²) < 4.78 is 15.6. The number of rotatable bonds is 1. The summed E-state index contributed by atoms with van der Waals surface area (Å²) in [6.45, 7) is 0. The summed E-state index contributed by atoms with van der Waals surface area (Å²) in [6, 6.07) is 14.6. The molecule has 0 aliphatic carbocycles. The Morgan fingerprint density at radius 1 is 0.947 bits per heavy atom. The van der Waals surface area contributed by atoms with E-state index in [1.165, 1.54) is 6.07 Å². The van der Waals surface area contributed by atoms with Gasteiger partial charge in [-0.25, -0.2) is 9.07 Å². The third kappa shape index (κ3) is 1.40. The van der Waals surface area contributed by atoms with E-state index >= 15 is 0 Å². The Labute approximate surface area is 108 Å². The molecule has 0 amide bonds. The van der Waals surface area contributed by atoms with E-state index in [0.29, 0.717) is 5.69 Å². The monoisotopic (exact) mass is 251 g/mol. The summed E-state index contributed by atoms with van der Waals surface area (Å²) in [5.41, 5.74) is 3.30. The predicted octanol–water partition coefficient (Wildman–Crippen LogP) is 3.65. The minimum absolute atomic E-state index is 0.280. The van der Waals surface area contributed by atoms with Gasteiger partial charge in [0.1, 0.15) is 11.5 Å². The van der Waals surface area contributed by atoms with E-state index in [1.54, 1.807) is 29.1 Å². The van der Waals surface area contributed by atoms with Crippen LogP contribution in [0, 0.1) is 5.82 Å². The summed E-state index contributed by atoms with van der Waals surface area (Å²) in [5, 5.41) is 5.32. The zero-order valence-electron chi connectivity index (χ0n) is 9.97. The Balaban J connectivity index is 2.13. The number of aromatic nitrogens is 3. The zero-order chi connectivity index (χ0) is 12.8. The van der Waals surface area contributed by atoms with E-state index in [4.69, 9.17) is 0 Å². The molecular weight excluding hydrogens is 241 g/mol. The lowest BCUT2D eigenvalue weighted by Gasteiger charge is -2.03. The number of halogens is 1. The lowest BCUT2D eigenvalue weighted by Crippen LogP contribution is -1.98. The standard InChI is InChI=1S/C15H10FN3/c16-11-6-2-4-8-14(11)19-15-10-5-1-3-7-12(10)18-13(15)9-17-19/h1-9,18H. The smallest absolute Gasteiger partial charge is 0.148 e. The lowest BCUT2D eigenvalue weighted by molar-refractivity contribution is 0.613. The molecule has 0 fully saturated rings. The summed E-state index contributed by atoms with van der Waals surface area (Å²) in [4.78, 5) is 3.28. The molecule has 0 aliphatic rings. The van der Waals surface area contributed by atoms with Crippen molar-refractivity contribution in [2.45, 2.75) is 0 Å². The van der Waals surface area contributed by atoms with Crippen LogP contribution in [0.4, 0.5) is 4.39 Å². The van der Waals surface area contributed by atoms with Crippen LogP contribution in [-0.4, -0.2) is 14.8 Å². The number of para-hydroxylation sites is 2. The number of benzene rings is 2. The van der Waals surface area contributed by atoms with Crippen molar-refractivity contribution in [2.24, 2.45) is 0 Å². The molecule has 0 spiro atoms. The van der Waals surface area contributed by atoms with Gasteiger partial charge in [-0.3, -0.25) is 0 Å². The van der Waals surface area contributed by atoms with E-state index in [9.17, 15) is 4.39 Å². The fourth-order valence-corrected chi connectivity index (χ4v) is 2.45. The first-order valence-corrected chi connectivity index (χ1v) is 6.04. The molecule has 92 valence electrons. The molecule has 0 atom stereocenters. The van der Waals surface area contributed by atoms with Crippen molar-refractivity contribution >= 4 is 21.9 Å². The van der Waals surface area contributed by atoms with Gasteiger partial charge in [-0.2, -0.15) is 5.10 Å². The molecule has 3 nitrogen and oxygen atoms in total. The van der Waals surface area contributed by atoms with E-state index in [2.05, 4.69) is 10.1 Å². The molecule has 0 aliphatic heterocycles. The van der Waals surface area contributed by atoms with Gasteiger partial charge in [0.15, 0.2) is 0 Å². The molecule has 1 N–H and O–H groups in total. The van der Waals surface area contributed by atoms with Crippen LogP contribution < -0.4 is 0 Å². The number of hydrogen-bond acceptors (Lipinski definition) is 1. The predicted molar refractivity (Wildman–Crippen MR) is 72.9 cm³/mol. The van der Waals surface area contributed by atoms with Crippen molar-refractivity contribution in [3.05, 3.63) is 60.5 Å². The first-order chi connectivity index (χ1) is 9.34. The van der Waals surface area contributed by atoms with Gasteiger partial charge in [-0.05, 0) is 18.2 Å². The first kappa shape index (κ1) is 10.3. The molecule has 0 saturated heterocycles. The van der Waals surface area contributed by atoms with E-state index in [1.807, 2.05) is 24.3 Å². The Kier molecular flexibility index (Phi) is 2.00. The minimum Gasteiger partial charge on any atom is -0.352 e. The highest BCUT2D eigenvalue weighted by Gasteiger charge is 2.13. The maximum Gasteiger partial charge on any atom is 0.148 e. The van der Waals surface area contributed by atoms with Crippen LogP contribution in [0.2, 0.25) is 0 Å². The first-order valence-electron chi connectivity index (χ1n) is 6.04. The Hall–Kier alpha value is -2.62. The average Bonchev–Trinajstić information content (AvgIpc) is 2.98. The Bertz CT molecular complexity index is 889. The molecule has 0 bridgehead atoms. The van der Waals surface area contributed by atoms with E-state index in [0.717, 1.165) is 21.9 Å². The fraction of sp³-hybridized carbons (Fsp3) is 0. The van der Waals surface area contributed by atoms with Gasteiger partial charge in [-0.15, -0.1) is 0 Å². The summed E-state index contributed by atoms with van der Waals surface area (Å²) in [5.74, 6) is -0.280. The van der Waals surface area contributed by atoms with Crippen LogP contribution in [0.3, 0.4) is 0 Å². The molecule has 2 aromatic heterocycles. The highest BCUT2D eigenvalue weighted by atomic mass is 19.1. The topological polar surface area (TPSA) is 33.6 Å². The molecule has 0 radical (unpaired) electrons. The van der Waals surface area contributed by atoms with Crippen LogP contribution >= 0.6 is 0 Å². The third-order valence-electron chi connectivity index (χ3n) is 3.30. The number of fused-ring (bicyclic) bond motifs is 3. The quantitative estimate of drug-likeness (QED) is 0.550. The van der Waals surface area contributed by atoms with Crippen LogP contribution in [0.1, 0.15) is 0 Å². The largest absolute Gasteiger partial charge is 0.352 e. The molecule has 4 rings (SSSR count). The maximum absolute atomic E-state index is 13.9. The molecule has 0 saturated carbocycles. The van der Waals surface area contributed by atoms with Gasteiger partial charge in [0.05, 0.1) is 17.2 Å². The molecule has 2 aromatic carbocycles. The Morgan fingerprint density at radius 2 is 1.74 bits per heavy atom. The van der Waals surface area contributed by atoms with Crippen LogP contribution in [0.25, 0.3) is 27.6 Å². The second-order valence-electron chi connectivity index (χ2n) is 4.44. The fourth-order valence-electron chi connectivity index (χ4n) is 2.45. The summed E-state index contributed by atoms with van der Waals surface area (Å²) in [6.07, 6.45) is 1.72. The highest BCUT2D eigenvalue weighted by Crippen LogP contribution is 2.27. The van der Waals surface area contributed by atoms with E-state index < -0.39 is 0 Å². The van der Waals surface area contributed by atoms with Crippen molar-refractivity contribution in [2.75, 3.05) is 0 Å². The van der Waals surface area contributed by atoms with Crippen molar-refractivity contribution < 1.29 is 4.39 Å². The number of nitrogens with zero attached hydrogens (tertiary/aromatic N) is 2. The van der Waals surface area contributed by atoms with Crippen molar-refractivity contribution in [1.82, 2.24) is 14.8 Å². The summed E-state index contributed by atoms with van der Waals surface area (Å²) in [7, 11) is 0. The molecule has 2 heterocycles. The second kappa shape index (κ2) is 3.68. The SMILES string of the molecule is Fc1ccccc1-n1ncc2[nH]c3ccccc3c21. The van der Waals surface area contributed by atoms with E-state index in [-0.39, 0.29) is 5.82 Å². The van der Waals surface area contributed by atoms with Crippen molar-refractivity contribution in [3.63, 3.8) is 0 Å². The molecule has 4 aromatic rings. The number of H-pyrrole nitrogens is 1. The van der Waals surface area contributed by atoms with Gasteiger partial charge < -0.3 is 4.98 Å². The van der Waals surface area contributed by atoms with Gasteiger partial charge in [0.2, 0.25) is 0 Å². The van der Waals surface area contributed by atoms with Gasteiger partial charge in [0.25, 0.3) is 0 Å². The molecule has 19 heavy (non-hydrogen) atoms. The van der Waals surface area contributed by atoms with Gasteiger partial charge >= 0.3 is 0 Å². The lowest BCUT2D eigenvalue weighted by atomic mass is 10.2. The third-order valence-corrected chi connectivity index (χ3v) is 3.30. The minimum atomic E-state index is -0.280. The van der Waals surface area contributed by atoms with Crippen molar-refractivity contribution in [3.8, 4) is 5.69 Å². The van der Waals surface area contributed by atoms with Crippen LogP contribution in [-0.2, 0) is 0 Å². The van der Waals surface area contributed by atoms with Gasteiger partial charge in [0, 0.05) is 10.9 Å². The molecular formula is C15H10FN3. The molecule has 0 unspecified atom stereocenters. The average molecular weight is 251 g/mol. The van der Waals surface area contributed by atoms with Crippen LogP contribution in [0.15, 0.2) is 54.7 Å². The zero-order valence-corrected chi connectivity index (χ0v) is 9.97. The number of aromatic amines is 1. The van der Waals surface area contributed by atoms with Crippen LogP contribution in [0.5, 0.6) is 0 Å². The van der Waals surface area contributed by atoms with Crippen molar-refractivity contribution in [1.29, 1.82) is 0 Å². The van der Waals surface area contributed by atoms with Gasteiger partial charge in [-0.1, -0.05) is 30.3 Å².